The molecule has 30 heavy (non-hydrogen) atoms. The van der Waals surface area contributed by atoms with Crippen molar-refractivity contribution in [1.82, 2.24) is 15.1 Å². The molecule has 0 saturated carbocycles. The van der Waals surface area contributed by atoms with Crippen LogP contribution in [0.2, 0.25) is 0 Å². The van der Waals surface area contributed by atoms with Crippen LogP contribution in [0.5, 0.6) is 0 Å². The summed E-state index contributed by atoms with van der Waals surface area (Å²) in [5.74, 6) is 0.112. The van der Waals surface area contributed by atoms with Crippen LogP contribution in [0.3, 0.4) is 0 Å². The number of piperazine rings is 1. The first kappa shape index (κ1) is 24.1. The molecule has 1 heterocycles. The van der Waals surface area contributed by atoms with Crippen LogP contribution in [0.15, 0.2) is 18.2 Å². The van der Waals surface area contributed by atoms with Crippen molar-refractivity contribution < 1.29 is 14.5 Å². The van der Waals surface area contributed by atoms with E-state index in [9.17, 15) is 9.59 Å². The minimum absolute atomic E-state index is 0.0554. The number of quaternary nitrogens is 1. The van der Waals surface area contributed by atoms with Gasteiger partial charge in [-0.05, 0) is 64.0 Å². The van der Waals surface area contributed by atoms with E-state index in [1.165, 1.54) is 10.5 Å². The second-order valence-electron chi connectivity index (χ2n) is 9.14. The molecule has 0 aromatic heterocycles. The van der Waals surface area contributed by atoms with Crippen molar-refractivity contribution in [2.45, 2.75) is 40.2 Å². The zero-order valence-corrected chi connectivity index (χ0v) is 19.9. The van der Waals surface area contributed by atoms with E-state index in [2.05, 4.69) is 30.5 Å². The molecule has 0 unspecified atom stereocenters. The number of rotatable bonds is 5. The molecule has 7 nitrogen and oxygen atoms in total. The lowest BCUT2D eigenvalue weighted by atomic mass is 10.1. The minimum Gasteiger partial charge on any atom is -0.347 e. The number of anilines is 1. The van der Waals surface area contributed by atoms with Crippen LogP contribution in [-0.4, -0.2) is 78.6 Å². The van der Waals surface area contributed by atoms with Crippen molar-refractivity contribution in [3.05, 3.63) is 29.3 Å². The fourth-order valence-corrected chi connectivity index (χ4v) is 3.58. The van der Waals surface area contributed by atoms with Gasteiger partial charge in [-0.25, -0.2) is 0 Å². The van der Waals surface area contributed by atoms with Gasteiger partial charge in [0.25, 0.3) is 5.91 Å². The van der Waals surface area contributed by atoms with Crippen LogP contribution in [0, 0.1) is 13.8 Å². The predicted molar refractivity (Wildman–Crippen MR) is 125 cm³/mol. The Balaban J connectivity index is 1.79. The highest BCUT2D eigenvalue weighted by Crippen LogP contribution is 2.18. The number of amides is 2. The molecule has 0 aliphatic carbocycles. The fraction of sp³-hybridized carbons (Fsp3) is 0.591. The van der Waals surface area contributed by atoms with Crippen LogP contribution in [0.1, 0.15) is 31.9 Å². The minimum atomic E-state index is -0.220. The van der Waals surface area contributed by atoms with Gasteiger partial charge >= 0.3 is 0 Å². The van der Waals surface area contributed by atoms with Crippen molar-refractivity contribution in [2.24, 2.45) is 0 Å². The molecule has 2 rings (SSSR count). The average Bonchev–Trinajstić information content (AvgIpc) is 2.64. The first-order chi connectivity index (χ1) is 14.0. The maximum Gasteiger partial charge on any atom is 0.275 e. The van der Waals surface area contributed by atoms with Crippen molar-refractivity contribution in [1.29, 1.82) is 0 Å². The lowest BCUT2D eigenvalue weighted by molar-refractivity contribution is -0.896. The van der Waals surface area contributed by atoms with Crippen LogP contribution in [-0.2, 0) is 9.59 Å². The van der Waals surface area contributed by atoms with Gasteiger partial charge in [-0.3, -0.25) is 9.59 Å². The van der Waals surface area contributed by atoms with Crippen molar-refractivity contribution in [2.75, 3.05) is 51.6 Å². The Bertz CT molecular complexity index is 782. The largest absolute Gasteiger partial charge is 0.347 e. The Morgan fingerprint density at radius 2 is 1.83 bits per heavy atom. The standard InChI is InChI=1S/C22H35N5O2S/c1-16-8-7-9-18(17(16)2)23-21(30)25(6)15-20(29)27-12-10-26(11-13-27)14-19(28)24-22(3,4)5/h7-9H,10-15H2,1-6H3,(H,23,30)(H,24,28)/p+1. The third kappa shape index (κ3) is 7.25. The fourth-order valence-electron chi connectivity index (χ4n) is 3.41. The van der Waals surface area contributed by atoms with Crippen LogP contribution in [0.4, 0.5) is 5.69 Å². The molecule has 2 amide bonds. The summed E-state index contributed by atoms with van der Waals surface area (Å²) in [5.41, 5.74) is 3.08. The lowest BCUT2D eigenvalue weighted by Crippen LogP contribution is -3.16. The summed E-state index contributed by atoms with van der Waals surface area (Å²) in [5, 5.41) is 6.77. The summed E-state index contributed by atoms with van der Waals surface area (Å²) in [4.78, 5) is 29.7. The van der Waals surface area contributed by atoms with E-state index in [-0.39, 0.29) is 23.9 Å². The molecule has 166 valence electrons. The highest BCUT2D eigenvalue weighted by molar-refractivity contribution is 7.80. The zero-order valence-electron chi connectivity index (χ0n) is 19.1. The number of carbonyl (C=O) groups excluding carboxylic acids is 2. The highest BCUT2D eigenvalue weighted by atomic mass is 32.1. The van der Waals surface area contributed by atoms with Gasteiger partial charge in [-0.1, -0.05) is 12.1 Å². The molecule has 0 atom stereocenters. The Kier molecular flexibility index (Phi) is 8.20. The monoisotopic (exact) mass is 434 g/mol. The maximum absolute atomic E-state index is 12.7. The topological polar surface area (TPSA) is 69.1 Å². The number of nitrogens with zero attached hydrogens (tertiary/aromatic N) is 2. The lowest BCUT2D eigenvalue weighted by Gasteiger charge is -2.33. The molecule has 8 heteroatoms. The smallest absolute Gasteiger partial charge is 0.275 e. The number of benzene rings is 1. The molecular formula is C22H36N5O2S+. The molecule has 0 radical (unpaired) electrons. The summed E-state index contributed by atoms with van der Waals surface area (Å²) in [6.45, 7) is 13.6. The zero-order chi connectivity index (χ0) is 22.5. The first-order valence-corrected chi connectivity index (χ1v) is 10.9. The number of hydrogen-bond acceptors (Lipinski definition) is 3. The molecule has 1 aromatic carbocycles. The molecule has 0 bridgehead atoms. The maximum atomic E-state index is 12.7. The second kappa shape index (κ2) is 10.2. The number of likely N-dealkylation sites (N-methyl/N-ethyl adjacent to an activating group) is 1. The van der Waals surface area contributed by atoms with Gasteiger partial charge in [0.2, 0.25) is 5.91 Å². The number of nitrogens with one attached hydrogen (secondary N) is 3. The summed E-state index contributed by atoms with van der Waals surface area (Å²) in [6.07, 6.45) is 0. The summed E-state index contributed by atoms with van der Waals surface area (Å²) >= 11 is 5.49. The number of aryl methyl sites for hydroxylation is 1. The van der Waals surface area contributed by atoms with E-state index in [0.717, 1.165) is 24.3 Å². The van der Waals surface area contributed by atoms with E-state index in [0.29, 0.717) is 24.7 Å². The molecular weight excluding hydrogens is 398 g/mol. The van der Waals surface area contributed by atoms with E-state index < -0.39 is 0 Å². The predicted octanol–water partition coefficient (Wildman–Crippen LogP) is 0.574. The first-order valence-electron chi connectivity index (χ1n) is 10.5. The molecule has 0 spiro atoms. The Morgan fingerprint density at radius 3 is 2.43 bits per heavy atom. The van der Waals surface area contributed by atoms with E-state index in [1.807, 2.05) is 44.9 Å². The number of carbonyl (C=O) groups is 2. The molecule has 1 aliphatic heterocycles. The van der Waals surface area contributed by atoms with Crippen LogP contribution >= 0.6 is 12.2 Å². The quantitative estimate of drug-likeness (QED) is 0.592. The van der Waals surface area contributed by atoms with Gasteiger partial charge in [0.15, 0.2) is 11.7 Å². The average molecular weight is 435 g/mol. The molecule has 1 fully saturated rings. The SMILES string of the molecule is Cc1cccc(NC(=S)N(C)CC(=O)N2CC[NH+](CC(=O)NC(C)(C)C)CC2)c1C. The molecule has 1 saturated heterocycles. The van der Waals surface area contributed by atoms with E-state index >= 15 is 0 Å². The van der Waals surface area contributed by atoms with Crippen molar-refractivity contribution >= 4 is 34.8 Å². The number of thiocarbonyl (C=S) groups is 1. The van der Waals surface area contributed by atoms with E-state index in [4.69, 9.17) is 12.2 Å². The van der Waals surface area contributed by atoms with Crippen molar-refractivity contribution in [3.8, 4) is 0 Å². The van der Waals surface area contributed by atoms with Crippen molar-refractivity contribution in [3.63, 3.8) is 0 Å². The van der Waals surface area contributed by atoms with Gasteiger partial charge in [0.05, 0.1) is 32.7 Å². The molecule has 1 aliphatic rings. The van der Waals surface area contributed by atoms with Gasteiger partial charge < -0.3 is 25.3 Å². The van der Waals surface area contributed by atoms with Gasteiger partial charge in [-0.15, -0.1) is 0 Å². The van der Waals surface area contributed by atoms with Crippen LogP contribution in [0.25, 0.3) is 0 Å². The van der Waals surface area contributed by atoms with Crippen LogP contribution < -0.4 is 15.5 Å². The van der Waals surface area contributed by atoms with Gasteiger partial charge in [-0.2, -0.15) is 0 Å². The Labute approximate surface area is 185 Å². The van der Waals surface area contributed by atoms with Gasteiger partial charge in [0.1, 0.15) is 0 Å². The second-order valence-corrected chi connectivity index (χ2v) is 9.53. The molecule has 1 aromatic rings. The van der Waals surface area contributed by atoms with Gasteiger partial charge in [0, 0.05) is 18.3 Å². The highest BCUT2D eigenvalue weighted by Gasteiger charge is 2.27. The summed E-state index contributed by atoms with van der Waals surface area (Å²) in [7, 11) is 1.83. The third-order valence-corrected chi connectivity index (χ3v) is 5.73. The number of hydrogen-bond donors (Lipinski definition) is 3. The summed E-state index contributed by atoms with van der Waals surface area (Å²) < 4.78 is 0. The summed E-state index contributed by atoms with van der Waals surface area (Å²) in [6, 6.07) is 6.04. The third-order valence-electron chi connectivity index (χ3n) is 5.31. The Hall–Kier alpha value is -2.19. The normalized spacial score (nSPS) is 14.9. The Morgan fingerprint density at radius 1 is 1.20 bits per heavy atom. The van der Waals surface area contributed by atoms with E-state index in [1.54, 1.807) is 4.90 Å². The molecule has 3 N–H and O–H groups in total.